The third-order valence-electron chi connectivity index (χ3n) is 2.04. The molecule has 0 bridgehead atoms. The molecule has 1 aromatic carbocycles. The molecule has 3 nitrogen and oxygen atoms in total. The summed E-state index contributed by atoms with van der Waals surface area (Å²) in [5.74, 6) is -0.269. The summed E-state index contributed by atoms with van der Waals surface area (Å²) >= 11 is 0. The van der Waals surface area contributed by atoms with E-state index in [1.165, 1.54) is 12.1 Å². The number of nitrogens with one attached hydrogen (secondary N) is 1. The first-order valence-electron chi connectivity index (χ1n) is 4.79. The lowest BCUT2D eigenvalue weighted by Gasteiger charge is -2.01. The summed E-state index contributed by atoms with van der Waals surface area (Å²) in [7, 11) is 0. The number of rotatable bonds is 5. The van der Waals surface area contributed by atoms with Crippen molar-refractivity contribution in [3.63, 3.8) is 0 Å². The highest BCUT2D eigenvalue weighted by molar-refractivity contribution is 6.44. The largest absolute Gasteiger partial charge is 0.301 e. The van der Waals surface area contributed by atoms with Gasteiger partial charge in [-0.2, -0.15) is 0 Å². The number of hydrogen-bond donors (Lipinski definition) is 1. The second-order valence-electron chi connectivity index (χ2n) is 3.24. The fourth-order valence-electron chi connectivity index (χ4n) is 1.23. The molecule has 0 unspecified atom stereocenters. The van der Waals surface area contributed by atoms with E-state index in [4.69, 9.17) is 5.41 Å². The summed E-state index contributed by atoms with van der Waals surface area (Å²) in [4.78, 5) is 21.9. The topological polar surface area (TPSA) is 58.0 Å². The predicted octanol–water partition coefficient (Wildman–Crippen LogP) is 2.15. The molecular weight excluding hydrogens is 190 g/mol. The molecule has 1 aromatic rings. The van der Waals surface area contributed by atoms with Crippen LogP contribution in [0.5, 0.6) is 0 Å². The van der Waals surface area contributed by atoms with Crippen LogP contribution in [0.3, 0.4) is 0 Å². The minimum absolute atomic E-state index is 0.111. The molecule has 1 rings (SSSR count). The van der Waals surface area contributed by atoms with E-state index in [0.29, 0.717) is 17.5 Å². The van der Waals surface area contributed by atoms with Crippen molar-refractivity contribution in [1.82, 2.24) is 0 Å². The Bertz CT molecular complexity index is 379. The van der Waals surface area contributed by atoms with Crippen LogP contribution >= 0.6 is 0 Å². The van der Waals surface area contributed by atoms with E-state index in [1.54, 1.807) is 18.4 Å². The van der Waals surface area contributed by atoms with Gasteiger partial charge in [0.15, 0.2) is 0 Å². The van der Waals surface area contributed by atoms with Gasteiger partial charge in [0.2, 0.25) is 12.1 Å². The Balaban J connectivity index is 2.82. The quantitative estimate of drug-likeness (QED) is 0.587. The molecule has 0 atom stereocenters. The molecule has 0 fully saturated rings. The van der Waals surface area contributed by atoms with Crippen LogP contribution in [-0.2, 0) is 4.79 Å². The van der Waals surface area contributed by atoms with Gasteiger partial charge in [-0.05, 0) is 6.42 Å². The molecule has 0 aromatic heterocycles. The Hall–Kier alpha value is -1.77. The lowest BCUT2D eigenvalue weighted by molar-refractivity contribution is 0.106. The molecule has 0 saturated heterocycles. The monoisotopic (exact) mass is 202 g/mol. The Morgan fingerprint density at radius 1 is 1.33 bits per heavy atom. The van der Waals surface area contributed by atoms with Crippen LogP contribution in [0.1, 0.15) is 35.7 Å². The average Bonchev–Trinajstić information content (AvgIpc) is 2.28. The molecule has 0 spiro atoms. The smallest absolute Gasteiger partial charge is 0.233 e. The van der Waals surface area contributed by atoms with E-state index >= 15 is 0 Å². The zero-order valence-corrected chi connectivity index (χ0v) is 8.54. The third kappa shape index (κ3) is 2.84. The van der Waals surface area contributed by atoms with Gasteiger partial charge in [-0.1, -0.05) is 37.6 Å². The van der Waals surface area contributed by atoms with Crippen molar-refractivity contribution in [3.05, 3.63) is 35.4 Å². The second kappa shape index (κ2) is 5.20. The van der Waals surface area contributed by atoms with Crippen molar-refractivity contribution in [2.75, 3.05) is 0 Å². The first-order chi connectivity index (χ1) is 7.19. The van der Waals surface area contributed by atoms with Gasteiger partial charge >= 0.3 is 0 Å². The lowest BCUT2D eigenvalue weighted by Crippen LogP contribution is -2.12. The van der Waals surface area contributed by atoms with Gasteiger partial charge in [0.05, 0.1) is 5.71 Å². The van der Waals surface area contributed by atoms with E-state index in [9.17, 15) is 9.59 Å². The number of benzene rings is 1. The van der Waals surface area contributed by atoms with Gasteiger partial charge < -0.3 is 5.41 Å². The number of Topliss-reactive ketones (excluding diaryl/α,β-unsaturated/α-hetero) is 1. The Kier molecular flexibility index (Phi) is 3.92. The van der Waals surface area contributed by atoms with Gasteiger partial charge in [0, 0.05) is 11.1 Å². The van der Waals surface area contributed by atoms with Gasteiger partial charge in [0.1, 0.15) is 0 Å². The van der Waals surface area contributed by atoms with E-state index < -0.39 is 0 Å². The molecule has 0 aliphatic heterocycles. The molecule has 77 valence electrons. The highest BCUT2D eigenvalue weighted by Crippen LogP contribution is 2.06. The first kappa shape index (κ1) is 11.3. The summed E-state index contributed by atoms with van der Waals surface area (Å²) in [6, 6.07) is 6.15. The fourth-order valence-corrected chi connectivity index (χ4v) is 1.23. The molecule has 0 saturated carbocycles. The maximum absolute atomic E-state index is 11.6. The molecule has 0 amide bonds. The second-order valence-corrected chi connectivity index (χ2v) is 3.24. The highest BCUT2D eigenvalue weighted by atomic mass is 16.1. The average molecular weight is 202 g/mol. The summed E-state index contributed by atoms with van der Waals surface area (Å²) in [5.41, 5.74) is 0.973. The van der Waals surface area contributed by atoms with E-state index in [0.717, 1.165) is 6.42 Å². The standard InChI is InChI=1S/C12H12NO2/c1-2-3-11(13)12(15)10-6-4-9(8-14)5-7-10/h4-7,13H,2-3H2,1H3. The number of carbonyl (C=O) groups excluding carboxylic acids is 2. The van der Waals surface area contributed by atoms with Crippen LogP contribution in [0.2, 0.25) is 0 Å². The van der Waals surface area contributed by atoms with Gasteiger partial charge in [-0.25, -0.2) is 0 Å². The summed E-state index contributed by atoms with van der Waals surface area (Å²) in [5, 5.41) is 7.50. The minimum atomic E-state index is -0.269. The van der Waals surface area contributed by atoms with Crippen LogP contribution < -0.4 is 0 Å². The van der Waals surface area contributed by atoms with Crippen molar-refractivity contribution in [1.29, 1.82) is 5.41 Å². The van der Waals surface area contributed by atoms with Gasteiger partial charge in [-0.3, -0.25) is 9.59 Å². The molecule has 15 heavy (non-hydrogen) atoms. The van der Waals surface area contributed by atoms with E-state index in [-0.39, 0.29) is 11.5 Å². The Morgan fingerprint density at radius 2 is 1.93 bits per heavy atom. The maximum atomic E-state index is 11.6. The Morgan fingerprint density at radius 3 is 2.40 bits per heavy atom. The first-order valence-corrected chi connectivity index (χ1v) is 4.79. The number of carbonyl (C=O) groups is 1. The molecule has 1 radical (unpaired) electrons. The number of ketones is 1. The fraction of sp³-hybridized carbons (Fsp3) is 0.250. The van der Waals surface area contributed by atoms with Crippen LogP contribution in [-0.4, -0.2) is 17.8 Å². The van der Waals surface area contributed by atoms with Crippen LogP contribution in [0.4, 0.5) is 0 Å². The lowest BCUT2D eigenvalue weighted by atomic mass is 10.0. The van der Waals surface area contributed by atoms with Gasteiger partial charge in [-0.15, -0.1) is 0 Å². The van der Waals surface area contributed by atoms with E-state index in [2.05, 4.69) is 0 Å². The van der Waals surface area contributed by atoms with Crippen LogP contribution in [0.15, 0.2) is 24.3 Å². The summed E-state index contributed by atoms with van der Waals surface area (Å²) in [6.45, 7) is 1.92. The third-order valence-corrected chi connectivity index (χ3v) is 2.04. The zero-order valence-electron chi connectivity index (χ0n) is 8.54. The van der Waals surface area contributed by atoms with Crippen molar-refractivity contribution < 1.29 is 9.59 Å². The maximum Gasteiger partial charge on any atom is 0.233 e. The zero-order chi connectivity index (χ0) is 11.3. The van der Waals surface area contributed by atoms with Crippen molar-refractivity contribution in [2.24, 2.45) is 0 Å². The SMILES string of the molecule is CCCC(=N)C(=O)c1ccc([C]=O)cc1. The molecule has 0 aliphatic rings. The normalized spacial score (nSPS) is 9.67. The number of hydrogen-bond acceptors (Lipinski definition) is 3. The van der Waals surface area contributed by atoms with E-state index in [1.807, 2.05) is 6.92 Å². The predicted molar refractivity (Wildman–Crippen MR) is 58.2 cm³/mol. The van der Waals surface area contributed by atoms with Crippen LogP contribution in [0.25, 0.3) is 0 Å². The Labute approximate surface area is 88.6 Å². The molecule has 3 heteroatoms. The van der Waals surface area contributed by atoms with Crippen LogP contribution in [0, 0.1) is 5.41 Å². The molecule has 1 N–H and O–H groups in total. The molecule has 0 aliphatic carbocycles. The molecule has 0 heterocycles. The highest BCUT2D eigenvalue weighted by Gasteiger charge is 2.10. The van der Waals surface area contributed by atoms with Crippen molar-refractivity contribution in [3.8, 4) is 0 Å². The summed E-state index contributed by atoms with van der Waals surface area (Å²) in [6.07, 6.45) is 3.00. The summed E-state index contributed by atoms with van der Waals surface area (Å²) < 4.78 is 0. The van der Waals surface area contributed by atoms with Gasteiger partial charge in [0.25, 0.3) is 0 Å². The van der Waals surface area contributed by atoms with Crippen molar-refractivity contribution in [2.45, 2.75) is 19.8 Å². The molecular formula is C12H12NO2. The minimum Gasteiger partial charge on any atom is -0.301 e. The van der Waals surface area contributed by atoms with Crippen molar-refractivity contribution >= 4 is 17.8 Å².